The molecule has 10 heteroatoms. The normalized spacial score (nSPS) is 16.7. The summed E-state index contributed by atoms with van der Waals surface area (Å²) in [6.07, 6.45) is 1.77. The number of nitrogens with one attached hydrogen (secondary N) is 1. The van der Waals surface area contributed by atoms with Crippen molar-refractivity contribution in [1.82, 2.24) is 24.5 Å². The summed E-state index contributed by atoms with van der Waals surface area (Å²) in [4.78, 5) is 31.5. The van der Waals surface area contributed by atoms with Gasteiger partial charge in [0.25, 0.3) is 0 Å². The zero-order valence-corrected chi connectivity index (χ0v) is 20.0. The van der Waals surface area contributed by atoms with Gasteiger partial charge in [-0.3, -0.25) is 4.79 Å². The second-order valence-electron chi connectivity index (χ2n) is 9.14. The van der Waals surface area contributed by atoms with Crippen molar-refractivity contribution < 1.29 is 13.6 Å². The summed E-state index contributed by atoms with van der Waals surface area (Å²) in [6.45, 7) is 1.79. The van der Waals surface area contributed by atoms with Crippen LogP contribution in [0.2, 0.25) is 0 Å². The molecule has 6 rings (SSSR count). The quantitative estimate of drug-likeness (QED) is 0.386. The Morgan fingerprint density at radius 3 is 2.57 bits per heavy atom. The van der Waals surface area contributed by atoms with Gasteiger partial charge in [-0.15, -0.1) is 0 Å². The summed E-state index contributed by atoms with van der Waals surface area (Å²) in [6, 6.07) is 15.1. The first kappa shape index (κ1) is 22.7. The van der Waals surface area contributed by atoms with E-state index < -0.39 is 17.0 Å². The van der Waals surface area contributed by atoms with E-state index in [4.69, 9.17) is 5.73 Å². The lowest BCUT2D eigenvalue weighted by atomic mass is 9.78. The number of nitrogen functional groups attached to an aromatic ring is 1. The van der Waals surface area contributed by atoms with Crippen molar-refractivity contribution >= 4 is 28.6 Å². The van der Waals surface area contributed by atoms with E-state index in [1.165, 1.54) is 12.1 Å². The molecule has 3 N–H and O–H groups in total. The maximum absolute atomic E-state index is 14.4. The first-order valence-corrected chi connectivity index (χ1v) is 11.6. The maximum atomic E-state index is 14.4. The van der Waals surface area contributed by atoms with Gasteiger partial charge in [-0.05, 0) is 30.2 Å². The molecule has 1 aliphatic rings. The van der Waals surface area contributed by atoms with Crippen LogP contribution in [0.3, 0.4) is 0 Å². The molecule has 0 unspecified atom stereocenters. The number of carbonyl (C=O) groups is 1. The molecule has 5 aromatic rings. The topological polar surface area (TPSA) is 112 Å². The lowest BCUT2D eigenvalue weighted by molar-refractivity contribution is -0.119. The number of anilines is 2. The van der Waals surface area contributed by atoms with E-state index in [2.05, 4.69) is 25.3 Å². The number of aromatic nitrogens is 5. The number of nitrogens with two attached hydrogens (primary N) is 1. The molecular formula is C27H21F2N7O. The summed E-state index contributed by atoms with van der Waals surface area (Å²) >= 11 is 0. The Morgan fingerprint density at radius 1 is 1.00 bits per heavy atom. The number of rotatable bonds is 4. The van der Waals surface area contributed by atoms with Crippen molar-refractivity contribution in [3.05, 3.63) is 94.9 Å². The molecule has 0 spiro atoms. The number of halogens is 2. The van der Waals surface area contributed by atoms with Crippen LogP contribution in [-0.4, -0.2) is 30.4 Å². The number of carbonyl (C=O) groups excluding carboxylic acids is 1. The molecule has 0 radical (unpaired) electrons. The predicted octanol–water partition coefficient (Wildman–Crippen LogP) is 4.13. The van der Waals surface area contributed by atoms with E-state index in [0.717, 1.165) is 11.6 Å². The number of hydrogen-bond donors (Lipinski definition) is 2. The Labute approximate surface area is 210 Å². The number of hydrogen-bond acceptors (Lipinski definition) is 6. The van der Waals surface area contributed by atoms with Gasteiger partial charge in [0.1, 0.15) is 34.2 Å². The third-order valence-corrected chi connectivity index (χ3v) is 6.84. The molecule has 1 atom stereocenters. The maximum Gasteiger partial charge on any atom is 0.240 e. The molecule has 0 fully saturated rings. The van der Waals surface area contributed by atoms with Crippen LogP contribution in [-0.2, 0) is 23.7 Å². The predicted molar refractivity (Wildman–Crippen MR) is 135 cm³/mol. The van der Waals surface area contributed by atoms with Crippen molar-refractivity contribution in [1.29, 1.82) is 0 Å². The van der Waals surface area contributed by atoms with Gasteiger partial charge < -0.3 is 15.6 Å². The zero-order chi connectivity index (χ0) is 25.9. The number of benzene rings is 2. The molecule has 37 heavy (non-hydrogen) atoms. The Kier molecular flexibility index (Phi) is 5.01. The Balaban J connectivity index is 1.51. The molecule has 2 aromatic carbocycles. The van der Waals surface area contributed by atoms with Crippen LogP contribution in [0.15, 0.2) is 60.8 Å². The minimum absolute atomic E-state index is 0.0407. The Morgan fingerprint density at radius 2 is 1.78 bits per heavy atom. The highest BCUT2D eigenvalue weighted by Crippen LogP contribution is 2.45. The van der Waals surface area contributed by atoms with Gasteiger partial charge >= 0.3 is 0 Å². The fourth-order valence-corrected chi connectivity index (χ4v) is 4.85. The molecule has 1 amide bonds. The first-order valence-electron chi connectivity index (χ1n) is 11.6. The highest BCUT2D eigenvalue weighted by Gasteiger charge is 2.47. The Hall–Kier alpha value is -4.73. The number of fused-ring (bicyclic) bond motifs is 2. The van der Waals surface area contributed by atoms with E-state index in [-0.39, 0.29) is 35.4 Å². The zero-order valence-electron chi connectivity index (χ0n) is 20.0. The summed E-state index contributed by atoms with van der Waals surface area (Å²) in [5.74, 6) is -1.25. The Bertz CT molecular complexity index is 1720. The average Bonchev–Trinajstić information content (AvgIpc) is 3.39. The van der Waals surface area contributed by atoms with Gasteiger partial charge in [0.15, 0.2) is 17.5 Å². The molecule has 4 heterocycles. The highest BCUT2D eigenvalue weighted by molar-refractivity contribution is 6.09. The van der Waals surface area contributed by atoms with Gasteiger partial charge in [0.05, 0.1) is 5.56 Å². The van der Waals surface area contributed by atoms with Crippen molar-refractivity contribution in [2.24, 2.45) is 7.05 Å². The molecule has 0 saturated heterocycles. The van der Waals surface area contributed by atoms with Crippen molar-refractivity contribution in [2.45, 2.75) is 18.8 Å². The van der Waals surface area contributed by atoms with Gasteiger partial charge in [0.2, 0.25) is 5.91 Å². The third-order valence-electron chi connectivity index (χ3n) is 6.84. The first-order chi connectivity index (χ1) is 17.8. The second-order valence-corrected chi connectivity index (χ2v) is 9.14. The average molecular weight is 498 g/mol. The van der Waals surface area contributed by atoms with Gasteiger partial charge in [-0.1, -0.05) is 42.5 Å². The lowest BCUT2D eigenvalue weighted by Gasteiger charge is -2.23. The van der Waals surface area contributed by atoms with Gasteiger partial charge in [-0.2, -0.15) is 0 Å². The number of nitrogens with zero attached hydrogens (tertiary/aromatic N) is 5. The largest absolute Gasteiger partial charge is 0.383 e. The van der Waals surface area contributed by atoms with Crippen LogP contribution in [0.5, 0.6) is 0 Å². The smallest absolute Gasteiger partial charge is 0.240 e. The summed E-state index contributed by atoms with van der Waals surface area (Å²) in [7, 11) is 1.81. The summed E-state index contributed by atoms with van der Waals surface area (Å²) in [5, 5.41) is 3.50. The van der Waals surface area contributed by atoms with E-state index in [9.17, 15) is 13.6 Å². The summed E-state index contributed by atoms with van der Waals surface area (Å²) < 4.78 is 30.0. The monoisotopic (exact) mass is 497 g/mol. The molecule has 0 aliphatic carbocycles. The fraction of sp³-hybridized carbons (Fsp3) is 0.148. The van der Waals surface area contributed by atoms with Crippen LogP contribution in [0.4, 0.5) is 20.4 Å². The van der Waals surface area contributed by atoms with Crippen molar-refractivity contribution in [3.8, 4) is 11.5 Å². The number of aryl methyl sites for hydroxylation is 1. The summed E-state index contributed by atoms with van der Waals surface area (Å²) in [5.41, 5.74) is 7.71. The van der Waals surface area contributed by atoms with Crippen LogP contribution in [0.25, 0.3) is 22.6 Å². The third kappa shape index (κ3) is 3.44. The molecule has 8 nitrogen and oxygen atoms in total. The van der Waals surface area contributed by atoms with Crippen molar-refractivity contribution in [3.63, 3.8) is 0 Å². The van der Waals surface area contributed by atoms with Crippen molar-refractivity contribution in [2.75, 3.05) is 11.1 Å². The fourth-order valence-electron chi connectivity index (χ4n) is 4.85. The van der Waals surface area contributed by atoms with Crippen LogP contribution in [0, 0.1) is 11.6 Å². The van der Waals surface area contributed by atoms with Gasteiger partial charge in [-0.25, -0.2) is 28.7 Å². The molecule has 3 aromatic heterocycles. The van der Waals surface area contributed by atoms with E-state index in [0.29, 0.717) is 28.1 Å². The van der Waals surface area contributed by atoms with E-state index >= 15 is 0 Å². The second kappa shape index (κ2) is 8.16. The minimum Gasteiger partial charge on any atom is -0.383 e. The molecular weight excluding hydrogens is 476 g/mol. The van der Waals surface area contributed by atoms with Crippen LogP contribution >= 0.6 is 0 Å². The van der Waals surface area contributed by atoms with Crippen LogP contribution < -0.4 is 11.1 Å². The molecule has 0 saturated carbocycles. The van der Waals surface area contributed by atoms with E-state index in [1.54, 1.807) is 17.7 Å². The molecule has 184 valence electrons. The molecule has 0 bridgehead atoms. The number of amides is 1. The minimum atomic E-state index is -1.06. The molecule has 1 aliphatic heterocycles. The highest BCUT2D eigenvalue weighted by atomic mass is 19.2. The standard InChI is InChI=1S/C27H21F2N7O/c1-27(15-8-4-3-5-9-15)19-22(30)33-24(34-23(19)35-26(27)37)21-16-11-12-36(2)25(16)32-18(31-21)13-14-7-6-10-17(28)20(14)29/h3-12H,13H2,1-2H3,(H3,30,33,34,35,37)/t27-/m1/s1. The van der Waals surface area contributed by atoms with Gasteiger partial charge in [0, 0.05) is 25.1 Å². The SMILES string of the molecule is Cn1ccc2c(-c3nc(N)c4c(n3)NC(=O)[C@]4(C)c3ccccc3)nc(Cc3cccc(F)c3F)nc21. The lowest BCUT2D eigenvalue weighted by Crippen LogP contribution is -2.32. The van der Waals surface area contributed by atoms with E-state index in [1.807, 2.05) is 43.4 Å². The van der Waals surface area contributed by atoms with Crippen LogP contribution in [0.1, 0.15) is 29.4 Å².